The van der Waals surface area contributed by atoms with Gasteiger partial charge in [-0.1, -0.05) is 6.92 Å². The van der Waals surface area contributed by atoms with Gasteiger partial charge in [-0.15, -0.1) is 0 Å². The Balaban J connectivity index is 1.88. The molecule has 0 aromatic carbocycles. The van der Waals surface area contributed by atoms with Gasteiger partial charge in [0.2, 0.25) is 17.8 Å². The van der Waals surface area contributed by atoms with Gasteiger partial charge in [-0.2, -0.15) is 0 Å². The Hall–Kier alpha value is -1.98. The summed E-state index contributed by atoms with van der Waals surface area (Å²) < 4.78 is 0. The summed E-state index contributed by atoms with van der Waals surface area (Å²) in [5.74, 6) is 0.320. The Morgan fingerprint density at radius 2 is 1.95 bits per heavy atom. The second-order valence-corrected chi connectivity index (χ2v) is 6.14. The number of aromatic nitrogens is 2. The molecular formula is C15H20N4O2. The summed E-state index contributed by atoms with van der Waals surface area (Å²) in [6.45, 7) is 2.16. The van der Waals surface area contributed by atoms with E-state index in [1.807, 2.05) is 0 Å². The number of nitrogen functional groups attached to an aromatic ring is 1. The third-order valence-electron chi connectivity index (χ3n) is 4.38. The number of rotatable bonds is 2. The predicted molar refractivity (Wildman–Crippen MR) is 77.4 cm³/mol. The summed E-state index contributed by atoms with van der Waals surface area (Å²) in [6.07, 6.45) is 4.58. The first-order valence-electron chi connectivity index (χ1n) is 7.50. The number of anilines is 1. The molecule has 3 rings (SSSR count). The number of hydrogen-bond acceptors (Lipinski definition) is 5. The van der Waals surface area contributed by atoms with E-state index in [0.29, 0.717) is 31.1 Å². The van der Waals surface area contributed by atoms with E-state index in [4.69, 9.17) is 5.73 Å². The average molecular weight is 288 g/mol. The van der Waals surface area contributed by atoms with Gasteiger partial charge in [0.15, 0.2) is 0 Å². The Kier molecular flexibility index (Phi) is 3.61. The zero-order chi connectivity index (χ0) is 15.0. The fraction of sp³-hybridized carbons (Fsp3) is 0.600. The number of piperidine rings is 1. The second-order valence-electron chi connectivity index (χ2n) is 6.14. The highest BCUT2D eigenvalue weighted by Crippen LogP contribution is 2.33. The lowest BCUT2D eigenvalue weighted by molar-refractivity contribution is -0.134. The highest BCUT2D eigenvalue weighted by Gasteiger charge is 2.28. The smallest absolute Gasteiger partial charge is 0.226 e. The Labute approximate surface area is 123 Å². The molecule has 112 valence electrons. The Morgan fingerprint density at radius 3 is 2.67 bits per heavy atom. The molecule has 6 heteroatoms. The third-order valence-corrected chi connectivity index (χ3v) is 4.38. The zero-order valence-electron chi connectivity index (χ0n) is 12.2. The molecule has 2 heterocycles. The molecule has 21 heavy (non-hydrogen) atoms. The van der Waals surface area contributed by atoms with Gasteiger partial charge in [-0.05, 0) is 43.1 Å². The summed E-state index contributed by atoms with van der Waals surface area (Å²) in [4.78, 5) is 31.8. The molecule has 0 spiro atoms. The summed E-state index contributed by atoms with van der Waals surface area (Å²) >= 11 is 0. The van der Waals surface area contributed by atoms with Crippen LogP contribution in [0, 0.1) is 5.92 Å². The number of carbonyl (C=O) groups is 2. The van der Waals surface area contributed by atoms with E-state index in [-0.39, 0.29) is 17.7 Å². The van der Waals surface area contributed by atoms with E-state index in [0.717, 1.165) is 30.7 Å². The number of nitrogens with two attached hydrogens (primary N) is 1. The first-order chi connectivity index (χ1) is 10.0. The van der Waals surface area contributed by atoms with Crippen LogP contribution < -0.4 is 11.1 Å². The first-order valence-corrected chi connectivity index (χ1v) is 7.50. The quantitative estimate of drug-likeness (QED) is 0.794. The van der Waals surface area contributed by atoms with Crippen molar-refractivity contribution in [1.82, 2.24) is 15.3 Å². The summed E-state index contributed by atoms with van der Waals surface area (Å²) in [7, 11) is 0. The standard InChI is InChI=1S/C15H20N4O2/c1-8-3-2-4-10-11(17-15(16)19-14(8)10)5-9-6-12(20)18-13(21)7-9/h8-9H,2-7H2,1H3,(H2,16,17,19)(H,18,20,21)/t8-/m0/s1. The van der Waals surface area contributed by atoms with Gasteiger partial charge < -0.3 is 5.73 Å². The number of fused-ring (bicyclic) bond motifs is 1. The fourth-order valence-corrected chi connectivity index (χ4v) is 3.41. The van der Waals surface area contributed by atoms with Gasteiger partial charge in [0, 0.05) is 18.5 Å². The van der Waals surface area contributed by atoms with E-state index in [1.165, 1.54) is 5.56 Å². The lowest BCUT2D eigenvalue weighted by Crippen LogP contribution is -2.39. The largest absolute Gasteiger partial charge is 0.368 e. The molecule has 1 saturated heterocycles. The monoisotopic (exact) mass is 288 g/mol. The Morgan fingerprint density at radius 1 is 1.24 bits per heavy atom. The molecule has 1 aliphatic carbocycles. The van der Waals surface area contributed by atoms with Gasteiger partial charge in [0.1, 0.15) is 0 Å². The van der Waals surface area contributed by atoms with Crippen molar-refractivity contribution in [3.05, 3.63) is 17.0 Å². The van der Waals surface area contributed by atoms with Gasteiger partial charge in [-0.25, -0.2) is 9.97 Å². The number of nitrogens with zero attached hydrogens (tertiary/aromatic N) is 2. The van der Waals surface area contributed by atoms with Crippen LogP contribution in [0.4, 0.5) is 5.95 Å². The summed E-state index contributed by atoms with van der Waals surface area (Å²) in [6, 6.07) is 0. The molecule has 1 atom stereocenters. The molecule has 0 bridgehead atoms. The van der Waals surface area contributed by atoms with Gasteiger partial charge >= 0.3 is 0 Å². The molecule has 1 aromatic heterocycles. The van der Waals surface area contributed by atoms with Crippen LogP contribution in [0.2, 0.25) is 0 Å². The van der Waals surface area contributed by atoms with Crippen LogP contribution >= 0.6 is 0 Å². The van der Waals surface area contributed by atoms with Crippen molar-refractivity contribution in [3.63, 3.8) is 0 Å². The lowest BCUT2D eigenvalue weighted by atomic mass is 9.84. The van der Waals surface area contributed by atoms with Crippen LogP contribution in [0.1, 0.15) is 55.5 Å². The molecule has 1 fully saturated rings. The highest BCUT2D eigenvalue weighted by molar-refractivity contribution is 5.97. The highest BCUT2D eigenvalue weighted by atomic mass is 16.2. The molecule has 1 aliphatic heterocycles. The van der Waals surface area contributed by atoms with Crippen molar-refractivity contribution in [1.29, 1.82) is 0 Å². The van der Waals surface area contributed by atoms with Crippen molar-refractivity contribution in [3.8, 4) is 0 Å². The maximum atomic E-state index is 11.5. The molecular weight excluding hydrogens is 268 g/mol. The molecule has 2 aliphatic rings. The zero-order valence-corrected chi connectivity index (χ0v) is 12.2. The normalized spacial score (nSPS) is 22.8. The molecule has 3 N–H and O–H groups in total. The fourth-order valence-electron chi connectivity index (χ4n) is 3.41. The van der Waals surface area contributed by atoms with Crippen LogP contribution in [-0.4, -0.2) is 21.8 Å². The van der Waals surface area contributed by atoms with Gasteiger partial charge in [-0.3, -0.25) is 14.9 Å². The Bertz CT molecular complexity index is 584. The number of hydrogen-bond donors (Lipinski definition) is 2. The van der Waals surface area contributed by atoms with Crippen molar-refractivity contribution in [2.24, 2.45) is 5.92 Å². The summed E-state index contributed by atoms with van der Waals surface area (Å²) in [5, 5.41) is 2.34. The predicted octanol–water partition coefficient (Wildman–Crippen LogP) is 1.09. The van der Waals surface area contributed by atoms with E-state index < -0.39 is 0 Å². The van der Waals surface area contributed by atoms with Crippen molar-refractivity contribution in [2.45, 2.75) is 51.4 Å². The van der Waals surface area contributed by atoms with E-state index in [2.05, 4.69) is 22.2 Å². The van der Waals surface area contributed by atoms with Gasteiger partial charge in [0.05, 0.1) is 5.69 Å². The molecule has 0 unspecified atom stereocenters. The van der Waals surface area contributed by atoms with Crippen LogP contribution in [0.5, 0.6) is 0 Å². The van der Waals surface area contributed by atoms with E-state index >= 15 is 0 Å². The van der Waals surface area contributed by atoms with E-state index in [1.54, 1.807) is 0 Å². The topological polar surface area (TPSA) is 98.0 Å². The number of imide groups is 1. The first kappa shape index (κ1) is 14.0. The molecule has 2 amide bonds. The van der Waals surface area contributed by atoms with Crippen molar-refractivity contribution >= 4 is 17.8 Å². The van der Waals surface area contributed by atoms with E-state index in [9.17, 15) is 9.59 Å². The second kappa shape index (κ2) is 5.42. The van der Waals surface area contributed by atoms with Crippen LogP contribution in [0.25, 0.3) is 0 Å². The minimum Gasteiger partial charge on any atom is -0.368 e. The number of carbonyl (C=O) groups excluding carboxylic acids is 2. The number of nitrogens with one attached hydrogen (secondary N) is 1. The summed E-state index contributed by atoms with van der Waals surface area (Å²) in [5.41, 5.74) is 9.00. The van der Waals surface area contributed by atoms with Crippen LogP contribution in [-0.2, 0) is 22.4 Å². The van der Waals surface area contributed by atoms with Crippen molar-refractivity contribution < 1.29 is 9.59 Å². The number of amides is 2. The average Bonchev–Trinajstić information content (AvgIpc) is 2.39. The minimum atomic E-state index is -0.194. The maximum Gasteiger partial charge on any atom is 0.226 e. The third kappa shape index (κ3) is 2.89. The lowest BCUT2D eigenvalue weighted by Gasteiger charge is -2.26. The molecule has 0 radical (unpaired) electrons. The van der Waals surface area contributed by atoms with Gasteiger partial charge in [0.25, 0.3) is 0 Å². The molecule has 6 nitrogen and oxygen atoms in total. The molecule has 0 saturated carbocycles. The maximum absolute atomic E-state index is 11.5. The SMILES string of the molecule is C[C@H]1CCCc2c(CC3CC(=O)NC(=O)C3)nc(N)nc21. The van der Waals surface area contributed by atoms with Crippen molar-refractivity contribution in [2.75, 3.05) is 5.73 Å². The van der Waals surface area contributed by atoms with Crippen LogP contribution in [0.15, 0.2) is 0 Å². The minimum absolute atomic E-state index is 0.0156. The molecule has 1 aromatic rings. The van der Waals surface area contributed by atoms with Crippen LogP contribution in [0.3, 0.4) is 0 Å².